The molecule has 6 heteroatoms. The number of nitrogens with one attached hydrogen (secondary N) is 1. The summed E-state index contributed by atoms with van der Waals surface area (Å²) >= 11 is 3.26. The van der Waals surface area contributed by atoms with Crippen LogP contribution in [0.15, 0.2) is 53.0 Å². The monoisotopic (exact) mass is 374 g/mol. The van der Waals surface area contributed by atoms with Crippen LogP contribution in [0.3, 0.4) is 0 Å². The van der Waals surface area contributed by atoms with Crippen LogP contribution >= 0.6 is 15.9 Å². The third-order valence-corrected chi connectivity index (χ3v) is 3.89. The Balaban J connectivity index is 1.88. The van der Waals surface area contributed by atoms with Gasteiger partial charge in [0.25, 0.3) is 5.91 Å². The fourth-order valence-corrected chi connectivity index (χ4v) is 2.70. The molecule has 0 aromatic heterocycles. The molecule has 4 nitrogen and oxygen atoms in total. The van der Waals surface area contributed by atoms with Crippen LogP contribution in [-0.2, 0) is 9.59 Å². The maximum Gasteiger partial charge on any atom is 0.251 e. The van der Waals surface area contributed by atoms with Gasteiger partial charge in [-0.05, 0) is 36.4 Å². The van der Waals surface area contributed by atoms with Gasteiger partial charge in [0.15, 0.2) is 0 Å². The van der Waals surface area contributed by atoms with Crippen LogP contribution in [0.4, 0.5) is 15.8 Å². The number of nitrogens with zero attached hydrogens (tertiary/aromatic N) is 1. The molecule has 0 aliphatic carbocycles. The summed E-state index contributed by atoms with van der Waals surface area (Å²) in [7, 11) is 0. The quantitative estimate of drug-likeness (QED) is 0.816. The van der Waals surface area contributed by atoms with Crippen LogP contribution in [0.2, 0.25) is 0 Å². The standard InChI is InChI=1S/C17H12BrFN2O2/c18-12-6-7-13(19)11(9-12)5-8-17(23)21-10-16(22)20-14-3-1-2-4-15(14)21/h1-9H,10H2,(H,20,22). The molecular formula is C17H12BrFN2O2. The molecule has 2 aromatic carbocycles. The minimum Gasteiger partial charge on any atom is -0.323 e. The number of carbonyl (C=O) groups excluding carboxylic acids is 2. The molecule has 0 radical (unpaired) electrons. The number of benzene rings is 2. The third kappa shape index (κ3) is 3.32. The Labute approximate surface area is 140 Å². The van der Waals surface area contributed by atoms with Crippen molar-refractivity contribution in [3.05, 3.63) is 64.4 Å². The first kappa shape index (κ1) is 15.4. The van der Waals surface area contributed by atoms with Crippen LogP contribution in [0.25, 0.3) is 6.08 Å². The summed E-state index contributed by atoms with van der Waals surface area (Å²) in [6.07, 6.45) is 2.66. The topological polar surface area (TPSA) is 49.4 Å². The van der Waals surface area contributed by atoms with Crippen LogP contribution in [0.5, 0.6) is 0 Å². The van der Waals surface area contributed by atoms with E-state index in [1.807, 2.05) is 0 Å². The Morgan fingerprint density at radius 3 is 2.87 bits per heavy atom. The zero-order chi connectivity index (χ0) is 16.4. The lowest BCUT2D eigenvalue weighted by molar-refractivity contribution is -0.119. The number of carbonyl (C=O) groups is 2. The highest BCUT2D eigenvalue weighted by atomic mass is 79.9. The summed E-state index contributed by atoms with van der Waals surface area (Å²) < 4.78 is 14.4. The van der Waals surface area contributed by atoms with Gasteiger partial charge in [-0.2, -0.15) is 0 Å². The van der Waals surface area contributed by atoms with E-state index in [0.29, 0.717) is 21.4 Å². The number of fused-ring (bicyclic) bond motifs is 1. The van der Waals surface area contributed by atoms with E-state index in [0.717, 1.165) is 0 Å². The van der Waals surface area contributed by atoms with E-state index in [1.165, 1.54) is 23.1 Å². The third-order valence-electron chi connectivity index (χ3n) is 3.40. The van der Waals surface area contributed by atoms with E-state index >= 15 is 0 Å². The van der Waals surface area contributed by atoms with Crippen molar-refractivity contribution in [2.75, 3.05) is 16.8 Å². The van der Waals surface area contributed by atoms with Gasteiger partial charge in [-0.3, -0.25) is 14.5 Å². The second kappa shape index (κ2) is 6.34. The van der Waals surface area contributed by atoms with Crippen molar-refractivity contribution in [2.45, 2.75) is 0 Å². The smallest absolute Gasteiger partial charge is 0.251 e. The normalized spacial score (nSPS) is 13.8. The van der Waals surface area contributed by atoms with E-state index in [2.05, 4.69) is 21.2 Å². The molecule has 1 heterocycles. The van der Waals surface area contributed by atoms with Crippen molar-refractivity contribution < 1.29 is 14.0 Å². The molecule has 1 aliphatic heterocycles. The maximum atomic E-state index is 13.7. The van der Waals surface area contributed by atoms with Crippen molar-refractivity contribution >= 4 is 45.2 Å². The highest BCUT2D eigenvalue weighted by molar-refractivity contribution is 9.10. The van der Waals surface area contributed by atoms with Gasteiger partial charge in [0.2, 0.25) is 5.91 Å². The van der Waals surface area contributed by atoms with Gasteiger partial charge < -0.3 is 5.32 Å². The van der Waals surface area contributed by atoms with E-state index in [4.69, 9.17) is 0 Å². The molecule has 2 aromatic rings. The molecule has 0 bridgehead atoms. The molecule has 116 valence electrons. The van der Waals surface area contributed by atoms with Gasteiger partial charge in [0.1, 0.15) is 12.4 Å². The Hall–Kier alpha value is -2.47. The molecule has 1 N–H and O–H groups in total. The SMILES string of the molecule is O=C1CN(C(=O)C=Cc2cc(Br)ccc2F)c2ccccc2N1. The van der Waals surface area contributed by atoms with E-state index < -0.39 is 5.82 Å². The summed E-state index contributed by atoms with van der Waals surface area (Å²) in [5.41, 5.74) is 1.50. The first-order valence-corrected chi connectivity index (χ1v) is 7.67. The molecule has 0 saturated heterocycles. The second-order valence-electron chi connectivity index (χ2n) is 4.99. The number of anilines is 2. The van der Waals surface area contributed by atoms with Gasteiger partial charge in [0, 0.05) is 16.1 Å². The number of halogens is 2. The van der Waals surface area contributed by atoms with Gasteiger partial charge in [-0.15, -0.1) is 0 Å². The van der Waals surface area contributed by atoms with Crippen LogP contribution in [0.1, 0.15) is 5.56 Å². The van der Waals surface area contributed by atoms with Crippen molar-refractivity contribution in [3.8, 4) is 0 Å². The Morgan fingerprint density at radius 2 is 2.04 bits per heavy atom. The van der Waals surface area contributed by atoms with Gasteiger partial charge in [-0.1, -0.05) is 28.1 Å². The molecule has 23 heavy (non-hydrogen) atoms. The number of hydrogen-bond acceptors (Lipinski definition) is 2. The average Bonchev–Trinajstić information content (AvgIpc) is 2.54. The van der Waals surface area contributed by atoms with Crippen molar-refractivity contribution in [1.82, 2.24) is 0 Å². The number of rotatable bonds is 2. The summed E-state index contributed by atoms with van der Waals surface area (Å²) in [6, 6.07) is 11.5. The highest BCUT2D eigenvalue weighted by Gasteiger charge is 2.25. The van der Waals surface area contributed by atoms with E-state index in [-0.39, 0.29) is 18.4 Å². The van der Waals surface area contributed by atoms with Crippen molar-refractivity contribution in [1.29, 1.82) is 0 Å². The predicted octanol–water partition coefficient (Wildman–Crippen LogP) is 3.59. The summed E-state index contributed by atoms with van der Waals surface area (Å²) in [5.74, 6) is -1.07. The highest BCUT2D eigenvalue weighted by Crippen LogP contribution is 2.29. The molecule has 3 rings (SSSR count). The lowest BCUT2D eigenvalue weighted by Gasteiger charge is -2.28. The molecule has 2 amide bonds. The van der Waals surface area contributed by atoms with Gasteiger partial charge >= 0.3 is 0 Å². The fourth-order valence-electron chi connectivity index (χ4n) is 2.32. The van der Waals surface area contributed by atoms with Crippen molar-refractivity contribution in [2.24, 2.45) is 0 Å². The first-order valence-electron chi connectivity index (χ1n) is 6.88. The minimum atomic E-state index is -0.422. The molecular weight excluding hydrogens is 363 g/mol. The Morgan fingerprint density at radius 1 is 1.26 bits per heavy atom. The van der Waals surface area contributed by atoms with Gasteiger partial charge in [0.05, 0.1) is 11.4 Å². The number of para-hydroxylation sites is 2. The van der Waals surface area contributed by atoms with Gasteiger partial charge in [-0.25, -0.2) is 4.39 Å². The lowest BCUT2D eigenvalue weighted by atomic mass is 10.1. The summed E-state index contributed by atoms with van der Waals surface area (Å²) in [4.78, 5) is 25.5. The van der Waals surface area contributed by atoms with E-state index in [9.17, 15) is 14.0 Å². The molecule has 0 fully saturated rings. The number of amides is 2. The van der Waals surface area contributed by atoms with Crippen LogP contribution in [-0.4, -0.2) is 18.4 Å². The second-order valence-corrected chi connectivity index (χ2v) is 5.90. The van der Waals surface area contributed by atoms with Crippen LogP contribution < -0.4 is 10.2 Å². The minimum absolute atomic E-state index is 0.0683. The lowest BCUT2D eigenvalue weighted by Crippen LogP contribution is -2.41. The molecule has 0 spiro atoms. The van der Waals surface area contributed by atoms with Crippen molar-refractivity contribution in [3.63, 3.8) is 0 Å². The summed E-state index contributed by atoms with van der Waals surface area (Å²) in [5, 5.41) is 2.71. The Bertz CT molecular complexity index is 820. The average molecular weight is 375 g/mol. The van der Waals surface area contributed by atoms with E-state index in [1.54, 1.807) is 36.4 Å². The fraction of sp³-hybridized carbons (Fsp3) is 0.0588. The predicted molar refractivity (Wildman–Crippen MR) is 90.6 cm³/mol. The Kier molecular flexibility index (Phi) is 4.25. The zero-order valence-corrected chi connectivity index (χ0v) is 13.5. The molecule has 0 atom stereocenters. The first-order chi connectivity index (χ1) is 11.0. The zero-order valence-electron chi connectivity index (χ0n) is 11.9. The maximum absolute atomic E-state index is 13.7. The largest absolute Gasteiger partial charge is 0.323 e. The summed E-state index contributed by atoms with van der Waals surface area (Å²) in [6.45, 7) is -0.0683. The number of hydrogen-bond donors (Lipinski definition) is 1. The molecule has 0 saturated carbocycles. The molecule has 1 aliphatic rings. The van der Waals surface area contributed by atoms with Crippen LogP contribution in [0, 0.1) is 5.82 Å². The molecule has 0 unspecified atom stereocenters.